The number of sulfonamides is 1. The standard InChI is InChI=1S/C20H17BrN2O3S/c1-14-13-17(9-12-19(14)24)22-20(15-5-3-2-4-6-15)23-27(25,26)18-10-7-16(21)8-11-18/h2-13,24H,1H3,(H,22,23). The number of phenols is 1. The summed E-state index contributed by atoms with van der Waals surface area (Å²) >= 11 is 3.29. The molecule has 3 aromatic carbocycles. The number of amidine groups is 1. The van der Waals surface area contributed by atoms with Gasteiger partial charge in [0.2, 0.25) is 0 Å². The van der Waals surface area contributed by atoms with Crippen LogP contribution in [0.5, 0.6) is 5.75 Å². The minimum atomic E-state index is -3.91. The quantitative estimate of drug-likeness (QED) is 0.346. The Morgan fingerprint density at radius 3 is 2.30 bits per heavy atom. The number of anilines is 1. The summed E-state index contributed by atoms with van der Waals surface area (Å²) in [6.07, 6.45) is 0. The van der Waals surface area contributed by atoms with E-state index >= 15 is 0 Å². The van der Waals surface area contributed by atoms with Crippen LogP contribution in [0.2, 0.25) is 0 Å². The number of benzene rings is 3. The maximum atomic E-state index is 12.8. The average Bonchev–Trinajstić information content (AvgIpc) is 2.65. The summed E-state index contributed by atoms with van der Waals surface area (Å²) in [4.78, 5) is 0.0998. The number of halogens is 1. The Labute approximate surface area is 166 Å². The van der Waals surface area contributed by atoms with Crippen LogP contribution in [-0.2, 0) is 10.0 Å². The van der Waals surface area contributed by atoms with Gasteiger partial charge in [0.05, 0.1) is 4.90 Å². The second-order valence-electron chi connectivity index (χ2n) is 5.86. The third kappa shape index (κ3) is 4.75. The van der Waals surface area contributed by atoms with E-state index in [-0.39, 0.29) is 16.5 Å². The van der Waals surface area contributed by atoms with Gasteiger partial charge < -0.3 is 10.4 Å². The summed E-state index contributed by atoms with van der Waals surface area (Å²) in [5.41, 5.74) is 1.92. The molecule has 3 aromatic rings. The van der Waals surface area contributed by atoms with Crippen molar-refractivity contribution < 1.29 is 13.5 Å². The van der Waals surface area contributed by atoms with E-state index in [0.717, 1.165) is 4.47 Å². The van der Waals surface area contributed by atoms with E-state index in [2.05, 4.69) is 25.6 Å². The highest BCUT2D eigenvalue weighted by molar-refractivity contribution is 9.10. The Kier molecular flexibility index (Phi) is 5.62. The number of aromatic hydroxyl groups is 1. The minimum Gasteiger partial charge on any atom is -0.508 e. The maximum absolute atomic E-state index is 12.8. The van der Waals surface area contributed by atoms with Crippen molar-refractivity contribution in [3.63, 3.8) is 0 Å². The van der Waals surface area contributed by atoms with Crippen LogP contribution in [0, 0.1) is 6.92 Å². The number of phenolic OH excluding ortho intramolecular Hbond substituents is 1. The number of rotatable bonds is 4. The van der Waals surface area contributed by atoms with Crippen molar-refractivity contribution in [3.8, 4) is 5.75 Å². The van der Waals surface area contributed by atoms with Gasteiger partial charge in [-0.3, -0.25) is 0 Å². The molecule has 138 valence electrons. The van der Waals surface area contributed by atoms with Gasteiger partial charge in [-0.25, -0.2) is 0 Å². The Balaban J connectivity index is 2.05. The molecule has 0 aromatic heterocycles. The van der Waals surface area contributed by atoms with Gasteiger partial charge in [-0.15, -0.1) is 4.40 Å². The lowest BCUT2D eigenvalue weighted by Gasteiger charge is -2.12. The summed E-state index contributed by atoms with van der Waals surface area (Å²) in [5.74, 6) is 0.366. The molecule has 0 bridgehead atoms. The van der Waals surface area contributed by atoms with Crippen LogP contribution in [0.3, 0.4) is 0 Å². The average molecular weight is 445 g/mol. The van der Waals surface area contributed by atoms with Crippen LogP contribution in [-0.4, -0.2) is 19.4 Å². The topological polar surface area (TPSA) is 78.8 Å². The lowest BCUT2D eigenvalue weighted by atomic mass is 10.1. The van der Waals surface area contributed by atoms with Crippen molar-refractivity contribution in [3.05, 3.63) is 88.4 Å². The van der Waals surface area contributed by atoms with Gasteiger partial charge >= 0.3 is 0 Å². The molecular weight excluding hydrogens is 428 g/mol. The van der Waals surface area contributed by atoms with Gasteiger partial charge in [0.15, 0.2) is 5.84 Å². The third-order valence-corrected chi connectivity index (χ3v) is 5.65. The van der Waals surface area contributed by atoms with E-state index in [1.807, 2.05) is 6.07 Å². The first-order valence-corrected chi connectivity index (χ1v) is 10.3. The molecule has 0 heterocycles. The fourth-order valence-electron chi connectivity index (χ4n) is 2.39. The van der Waals surface area contributed by atoms with Crippen molar-refractivity contribution in [1.82, 2.24) is 0 Å². The fraction of sp³-hybridized carbons (Fsp3) is 0.0500. The van der Waals surface area contributed by atoms with Crippen LogP contribution in [0.15, 0.2) is 86.6 Å². The molecule has 5 nitrogen and oxygen atoms in total. The monoisotopic (exact) mass is 444 g/mol. The van der Waals surface area contributed by atoms with E-state index < -0.39 is 10.0 Å². The molecular formula is C20H17BrN2O3S. The molecule has 0 spiro atoms. The summed E-state index contributed by atoms with van der Waals surface area (Å²) in [7, 11) is -3.91. The van der Waals surface area contributed by atoms with Crippen molar-refractivity contribution in [1.29, 1.82) is 0 Å². The van der Waals surface area contributed by atoms with Crippen molar-refractivity contribution in [2.24, 2.45) is 4.40 Å². The molecule has 0 aliphatic heterocycles. The summed E-state index contributed by atoms with van der Waals surface area (Å²) in [6.45, 7) is 1.76. The molecule has 0 amide bonds. The smallest absolute Gasteiger partial charge is 0.284 e. The molecule has 0 unspecified atom stereocenters. The number of nitrogens with one attached hydrogen (secondary N) is 1. The first kappa shape index (κ1) is 19.1. The van der Waals surface area contributed by atoms with E-state index in [4.69, 9.17) is 0 Å². The SMILES string of the molecule is Cc1cc(N/C(=N\S(=O)(=O)c2ccc(Br)cc2)c2ccccc2)ccc1O. The largest absolute Gasteiger partial charge is 0.508 e. The first-order valence-electron chi connectivity index (χ1n) is 8.08. The summed E-state index contributed by atoms with van der Waals surface area (Å²) in [5, 5.41) is 12.7. The first-order chi connectivity index (χ1) is 12.8. The predicted molar refractivity (Wildman–Crippen MR) is 111 cm³/mol. The zero-order valence-electron chi connectivity index (χ0n) is 14.4. The lowest BCUT2D eigenvalue weighted by Crippen LogP contribution is -2.16. The highest BCUT2D eigenvalue weighted by atomic mass is 79.9. The second kappa shape index (κ2) is 7.94. The highest BCUT2D eigenvalue weighted by Gasteiger charge is 2.16. The van der Waals surface area contributed by atoms with Crippen LogP contribution in [0.25, 0.3) is 0 Å². The zero-order valence-corrected chi connectivity index (χ0v) is 16.8. The number of aryl methyl sites for hydroxylation is 1. The molecule has 0 saturated carbocycles. The minimum absolute atomic E-state index is 0.0998. The highest BCUT2D eigenvalue weighted by Crippen LogP contribution is 2.22. The van der Waals surface area contributed by atoms with E-state index in [0.29, 0.717) is 16.8 Å². The molecule has 3 rings (SSSR count). The maximum Gasteiger partial charge on any atom is 0.284 e. The molecule has 0 aliphatic rings. The van der Waals surface area contributed by atoms with E-state index in [9.17, 15) is 13.5 Å². The van der Waals surface area contributed by atoms with Crippen molar-refractivity contribution >= 4 is 37.5 Å². The molecule has 27 heavy (non-hydrogen) atoms. The predicted octanol–water partition coefficient (Wildman–Crippen LogP) is 4.71. The van der Waals surface area contributed by atoms with Crippen molar-refractivity contribution in [2.45, 2.75) is 11.8 Å². The van der Waals surface area contributed by atoms with Crippen LogP contribution < -0.4 is 5.32 Å². The number of hydrogen-bond donors (Lipinski definition) is 2. The van der Waals surface area contributed by atoms with Gasteiger partial charge in [-0.2, -0.15) is 8.42 Å². The third-order valence-electron chi connectivity index (χ3n) is 3.83. The van der Waals surface area contributed by atoms with Gasteiger partial charge in [-0.05, 0) is 55.0 Å². The Morgan fingerprint density at radius 2 is 1.67 bits per heavy atom. The van der Waals surface area contributed by atoms with Gasteiger partial charge in [0.1, 0.15) is 5.75 Å². The van der Waals surface area contributed by atoms with E-state index in [1.165, 1.54) is 12.1 Å². The zero-order chi connectivity index (χ0) is 19.4. The van der Waals surface area contributed by atoms with Gasteiger partial charge in [-0.1, -0.05) is 46.3 Å². The summed E-state index contributed by atoms with van der Waals surface area (Å²) < 4.78 is 30.3. The van der Waals surface area contributed by atoms with Crippen molar-refractivity contribution in [2.75, 3.05) is 5.32 Å². The van der Waals surface area contributed by atoms with Gasteiger partial charge in [0.25, 0.3) is 10.0 Å². The van der Waals surface area contributed by atoms with E-state index in [1.54, 1.807) is 61.5 Å². The number of hydrogen-bond acceptors (Lipinski definition) is 3. The van der Waals surface area contributed by atoms with Crippen LogP contribution in [0.1, 0.15) is 11.1 Å². The molecule has 7 heteroatoms. The Morgan fingerprint density at radius 1 is 1.00 bits per heavy atom. The summed E-state index contributed by atoms with van der Waals surface area (Å²) in [6, 6.07) is 20.2. The molecule has 0 fully saturated rings. The lowest BCUT2D eigenvalue weighted by molar-refractivity contribution is 0.471. The van der Waals surface area contributed by atoms with Crippen LogP contribution >= 0.6 is 15.9 Å². The normalized spacial score (nSPS) is 12.0. The second-order valence-corrected chi connectivity index (χ2v) is 8.38. The molecule has 0 radical (unpaired) electrons. The number of nitrogens with zero attached hydrogens (tertiary/aromatic N) is 1. The Bertz CT molecular complexity index is 1080. The molecule has 0 aliphatic carbocycles. The van der Waals surface area contributed by atoms with Gasteiger partial charge in [0, 0.05) is 15.7 Å². The van der Waals surface area contributed by atoms with Crippen LogP contribution in [0.4, 0.5) is 5.69 Å². The fourth-order valence-corrected chi connectivity index (χ4v) is 3.63. The molecule has 2 N–H and O–H groups in total. The molecule has 0 atom stereocenters. The Hall–Kier alpha value is -2.64. The molecule has 0 saturated heterocycles.